The van der Waals surface area contributed by atoms with Gasteiger partial charge in [-0.1, -0.05) is 30.3 Å². The van der Waals surface area contributed by atoms with Crippen molar-refractivity contribution >= 4 is 23.0 Å². The largest absolute Gasteiger partial charge is 0.497 e. The highest BCUT2D eigenvalue weighted by Crippen LogP contribution is 2.44. The van der Waals surface area contributed by atoms with Crippen molar-refractivity contribution in [1.29, 1.82) is 0 Å². The number of aryl methyl sites for hydroxylation is 1. The molecule has 1 N–H and O–H groups in total. The zero-order valence-corrected chi connectivity index (χ0v) is 19.7. The molecule has 2 aromatic heterocycles. The Hall–Kier alpha value is -3.64. The summed E-state index contributed by atoms with van der Waals surface area (Å²) in [4.78, 5) is 6.86. The van der Waals surface area contributed by atoms with Crippen LogP contribution in [0.2, 0.25) is 0 Å². The second-order valence-corrected chi connectivity index (χ2v) is 8.58. The van der Waals surface area contributed by atoms with E-state index in [2.05, 4.69) is 76.1 Å². The summed E-state index contributed by atoms with van der Waals surface area (Å²) >= 11 is 5.87. The molecule has 5 rings (SSSR count). The molecule has 2 aromatic carbocycles. The van der Waals surface area contributed by atoms with Gasteiger partial charge < -0.3 is 19.5 Å². The molecule has 0 spiro atoms. The molecule has 1 aliphatic rings. The van der Waals surface area contributed by atoms with E-state index in [-0.39, 0.29) is 12.1 Å². The fourth-order valence-electron chi connectivity index (χ4n) is 4.77. The molecule has 1 saturated heterocycles. The minimum absolute atomic E-state index is 0.0665. The summed E-state index contributed by atoms with van der Waals surface area (Å²) in [7, 11) is 1.68. The summed E-state index contributed by atoms with van der Waals surface area (Å²) in [5.74, 6) is 0.796. The number of ether oxygens (including phenoxy) is 1. The van der Waals surface area contributed by atoms with E-state index in [4.69, 9.17) is 17.0 Å². The van der Waals surface area contributed by atoms with Crippen molar-refractivity contribution in [1.82, 2.24) is 14.9 Å². The number of nitrogens with one attached hydrogen (secondary N) is 1. The van der Waals surface area contributed by atoms with Crippen LogP contribution < -0.4 is 15.0 Å². The van der Waals surface area contributed by atoms with Gasteiger partial charge in [0.05, 0.1) is 24.9 Å². The van der Waals surface area contributed by atoms with Crippen LogP contribution in [0.1, 0.15) is 34.7 Å². The zero-order valence-electron chi connectivity index (χ0n) is 18.9. The first kappa shape index (κ1) is 21.2. The monoisotopic (exact) mass is 454 g/mol. The fraction of sp³-hybridized carbons (Fsp3) is 0.185. The molecule has 0 bridgehead atoms. The number of para-hydroxylation sites is 1. The summed E-state index contributed by atoms with van der Waals surface area (Å²) in [5, 5.41) is 4.22. The Labute approximate surface area is 199 Å². The number of pyridine rings is 1. The predicted octanol–water partition coefficient (Wildman–Crippen LogP) is 5.67. The number of hydrogen-bond donors (Lipinski definition) is 1. The third kappa shape index (κ3) is 3.76. The first-order chi connectivity index (χ1) is 16.1. The van der Waals surface area contributed by atoms with Gasteiger partial charge in [0.1, 0.15) is 5.75 Å². The molecule has 0 saturated carbocycles. The minimum Gasteiger partial charge on any atom is -0.497 e. The number of aromatic nitrogens is 2. The maximum Gasteiger partial charge on any atom is 0.174 e. The molecule has 0 aliphatic carbocycles. The second kappa shape index (κ2) is 8.71. The quantitative estimate of drug-likeness (QED) is 0.393. The van der Waals surface area contributed by atoms with E-state index in [0.29, 0.717) is 5.11 Å². The van der Waals surface area contributed by atoms with Crippen LogP contribution >= 0.6 is 12.2 Å². The first-order valence-electron chi connectivity index (χ1n) is 11.0. The molecule has 0 unspecified atom stereocenters. The Bertz CT molecular complexity index is 1290. The molecule has 6 heteroatoms. The number of rotatable bonds is 5. The van der Waals surface area contributed by atoms with Crippen LogP contribution in [-0.4, -0.2) is 21.8 Å². The lowest BCUT2D eigenvalue weighted by atomic mass is 9.96. The zero-order chi connectivity index (χ0) is 22.9. The standard InChI is InChI=1S/C27H26N4OS/c1-18-16-23(19(2)30(18)20-10-5-4-6-11-20)26-25(24-14-7-8-15-28-24)29-27(33)31(26)21-12-9-13-22(17-21)32-3/h4-17,25-26H,1-3H3,(H,29,33)/t25-,26-/m1/s1. The SMILES string of the molecule is COc1cccc(N2C(=S)N[C@H](c3ccccn3)[C@H]2c2cc(C)n(-c3ccccc3)c2C)c1. The molecule has 5 nitrogen and oxygen atoms in total. The Morgan fingerprint density at radius 2 is 1.67 bits per heavy atom. The minimum atomic E-state index is -0.0883. The van der Waals surface area contributed by atoms with Crippen LogP contribution in [0.25, 0.3) is 5.69 Å². The third-order valence-corrected chi connectivity index (χ3v) is 6.55. The van der Waals surface area contributed by atoms with Gasteiger partial charge in [0.2, 0.25) is 0 Å². The first-order valence-corrected chi connectivity index (χ1v) is 11.4. The Balaban J connectivity index is 1.68. The average Bonchev–Trinajstić information content (AvgIpc) is 3.35. The fourth-order valence-corrected chi connectivity index (χ4v) is 5.12. The van der Waals surface area contributed by atoms with Gasteiger partial charge in [0.15, 0.2) is 5.11 Å². The average molecular weight is 455 g/mol. The van der Waals surface area contributed by atoms with Crippen molar-refractivity contribution in [3.05, 3.63) is 108 Å². The van der Waals surface area contributed by atoms with Gasteiger partial charge in [-0.15, -0.1) is 0 Å². The summed E-state index contributed by atoms with van der Waals surface area (Å²) in [6.07, 6.45) is 1.83. The Kier molecular flexibility index (Phi) is 5.60. The Morgan fingerprint density at radius 3 is 2.39 bits per heavy atom. The molecule has 0 amide bonds. The van der Waals surface area contributed by atoms with Gasteiger partial charge in [-0.25, -0.2) is 0 Å². The van der Waals surface area contributed by atoms with E-state index >= 15 is 0 Å². The number of hydrogen-bond acceptors (Lipinski definition) is 3. The van der Waals surface area contributed by atoms with Crippen LogP contribution in [0, 0.1) is 13.8 Å². The van der Waals surface area contributed by atoms with Crippen LogP contribution in [0.3, 0.4) is 0 Å². The van der Waals surface area contributed by atoms with Gasteiger partial charge in [0.25, 0.3) is 0 Å². The van der Waals surface area contributed by atoms with Gasteiger partial charge in [-0.2, -0.15) is 0 Å². The van der Waals surface area contributed by atoms with Crippen LogP contribution in [0.4, 0.5) is 5.69 Å². The predicted molar refractivity (Wildman–Crippen MR) is 136 cm³/mol. The Morgan fingerprint density at radius 1 is 0.909 bits per heavy atom. The molecule has 3 heterocycles. The van der Waals surface area contributed by atoms with E-state index in [9.17, 15) is 0 Å². The second-order valence-electron chi connectivity index (χ2n) is 8.20. The molecular weight excluding hydrogens is 428 g/mol. The molecule has 1 fully saturated rings. The lowest BCUT2D eigenvalue weighted by Crippen LogP contribution is -2.29. The van der Waals surface area contributed by atoms with E-state index in [1.165, 1.54) is 17.0 Å². The lowest BCUT2D eigenvalue weighted by Gasteiger charge is -2.28. The van der Waals surface area contributed by atoms with Crippen molar-refractivity contribution in [2.24, 2.45) is 0 Å². The van der Waals surface area contributed by atoms with Crippen molar-refractivity contribution in [3.8, 4) is 11.4 Å². The summed E-state index contributed by atoms with van der Waals surface area (Å²) in [5.41, 5.74) is 6.66. The van der Waals surface area contributed by atoms with Gasteiger partial charge in [-0.05, 0) is 74.1 Å². The maximum atomic E-state index is 5.87. The molecule has 0 radical (unpaired) electrons. The van der Waals surface area contributed by atoms with Crippen LogP contribution in [0.15, 0.2) is 85.1 Å². The van der Waals surface area contributed by atoms with Crippen molar-refractivity contribution in [2.75, 3.05) is 12.0 Å². The van der Waals surface area contributed by atoms with E-state index < -0.39 is 0 Å². The van der Waals surface area contributed by atoms with Crippen LogP contribution in [0.5, 0.6) is 5.75 Å². The van der Waals surface area contributed by atoms with Gasteiger partial charge >= 0.3 is 0 Å². The maximum absolute atomic E-state index is 5.87. The van der Waals surface area contributed by atoms with Crippen molar-refractivity contribution in [2.45, 2.75) is 25.9 Å². The molecule has 4 aromatic rings. The van der Waals surface area contributed by atoms with Gasteiger partial charge in [0, 0.05) is 35.0 Å². The van der Waals surface area contributed by atoms with E-state index in [1.807, 2.05) is 42.6 Å². The number of benzene rings is 2. The smallest absolute Gasteiger partial charge is 0.174 e. The molecule has 1 aliphatic heterocycles. The van der Waals surface area contributed by atoms with Crippen molar-refractivity contribution in [3.63, 3.8) is 0 Å². The normalized spacial score (nSPS) is 17.8. The topological polar surface area (TPSA) is 42.3 Å². The third-order valence-electron chi connectivity index (χ3n) is 6.23. The molecule has 166 valence electrons. The summed E-state index contributed by atoms with van der Waals surface area (Å²) < 4.78 is 7.80. The van der Waals surface area contributed by atoms with E-state index in [0.717, 1.165) is 22.8 Å². The number of anilines is 1. The highest BCUT2D eigenvalue weighted by atomic mass is 32.1. The number of nitrogens with zero attached hydrogens (tertiary/aromatic N) is 3. The molecule has 33 heavy (non-hydrogen) atoms. The molecule has 2 atom stereocenters. The van der Waals surface area contributed by atoms with Crippen molar-refractivity contribution < 1.29 is 4.74 Å². The van der Waals surface area contributed by atoms with E-state index in [1.54, 1.807) is 7.11 Å². The van der Waals surface area contributed by atoms with Crippen LogP contribution in [-0.2, 0) is 0 Å². The summed E-state index contributed by atoms with van der Waals surface area (Å²) in [6.45, 7) is 4.33. The molecular formula is C27H26N4OS. The van der Waals surface area contributed by atoms with Gasteiger partial charge in [-0.3, -0.25) is 4.98 Å². The highest BCUT2D eigenvalue weighted by Gasteiger charge is 2.42. The lowest BCUT2D eigenvalue weighted by molar-refractivity contribution is 0.415. The summed E-state index contributed by atoms with van der Waals surface area (Å²) in [6, 6.07) is 26.6. The number of thiocarbonyl (C=S) groups is 1. The highest BCUT2D eigenvalue weighted by molar-refractivity contribution is 7.80. The number of methoxy groups -OCH3 is 1.